The van der Waals surface area contributed by atoms with E-state index in [1.807, 2.05) is 6.07 Å². The first-order chi connectivity index (χ1) is 12.8. The number of fused-ring (bicyclic) bond motifs is 1. The van der Waals surface area contributed by atoms with Gasteiger partial charge in [-0.2, -0.15) is 0 Å². The van der Waals surface area contributed by atoms with Gasteiger partial charge < -0.3 is 20.5 Å². The molecular formula is C18H24N4O5. The number of hydrogen-bond donors (Lipinski definition) is 3. The lowest BCUT2D eigenvalue weighted by atomic mass is 9.96. The smallest absolute Gasteiger partial charge is 0.414 e. The lowest BCUT2D eigenvalue weighted by Gasteiger charge is -2.31. The van der Waals surface area contributed by atoms with E-state index in [4.69, 9.17) is 25.5 Å². The van der Waals surface area contributed by atoms with Crippen molar-refractivity contribution >= 4 is 28.9 Å². The molecule has 1 aromatic heterocycles. The number of benzene rings is 1. The highest BCUT2D eigenvalue weighted by Gasteiger charge is 2.21. The van der Waals surface area contributed by atoms with Crippen molar-refractivity contribution in [1.29, 1.82) is 0 Å². The number of carboxylic acids is 2. The Morgan fingerprint density at radius 1 is 1.15 bits per heavy atom. The van der Waals surface area contributed by atoms with E-state index in [0.717, 1.165) is 43.8 Å². The third-order valence-electron chi connectivity index (χ3n) is 4.56. The largest absolute Gasteiger partial charge is 0.473 e. The van der Waals surface area contributed by atoms with Gasteiger partial charge in [-0.25, -0.2) is 14.6 Å². The molecule has 1 aromatic carbocycles. The van der Waals surface area contributed by atoms with Gasteiger partial charge in [-0.1, -0.05) is 12.1 Å². The summed E-state index contributed by atoms with van der Waals surface area (Å²) in [4.78, 5) is 35.9. The molecule has 0 radical (unpaired) electrons. The van der Waals surface area contributed by atoms with Crippen LogP contribution in [0.1, 0.15) is 18.7 Å². The number of hydrogen-bond acceptors (Lipinski definition) is 5. The van der Waals surface area contributed by atoms with E-state index in [9.17, 15) is 4.79 Å². The molecule has 0 saturated carbocycles. The summed E-state index contributed by atoms with van der Waals surface area (Å²) in [6, 6.07) is 8.29. The van der Waals surface area contributed by atoms with E-state index in [1.165, 1.54) is 5.52 Å². The fourth-order valence-electron chi connectivity index (χ4n) is 3.23. The minimum absolute atomic E-state index is 0.232. The van der Waals surface area contributed by atoms with Crippen LogP contribution < -0.4 is 5.73 Å². The van der Waals surface area contributed by atoms with Crippen LogP contribution in [0.3, 0.4) is 0 Å². The summed E-state index contributed by atoms with van der Waals surface area (Å²) in [6.45, 7) is 5.39. The number of likely N-dealkylation sites (tertiary alicyclic amines) is 1. The van der Waals surface area contributed by atoms with Crippen LogP contribution in [0.4, 0.5) is 0 Å². The van der Waals surface area contributed by atoms with Crippen LogP contribution in [0.5, 0.6) is 0 Å². The topological polar surface area (TPSA) is 139 Å². The van der Waals surface area contributed by atoms with E-state index in [1.54, 1.807) is 0 Å². The second-order valence-electron chi connectivity index (χ2n) is 6.55. The molecule has 27 heavy (non-hydrogen) atoms. The van der Waals surface area contributed by atoms with Crippen LogP contribution >= 0.6 is 0 Å². The van der Waals surface area contributed by atoms with E-state index in [0.29, 0.717) is 12.5 Å². The molecule has 0 atom stereocenters. The molecule has 0 bridgehead atoms. The van der Waals surface area contributed by atoms with Crippen molar-refractivity contribution in [3.8, 4) is 0 Å². The number of amides is 1. The summed E-state index contributed by atoms with van der Waals surface area (Å²) >= 11 is 0. The Bertz CT molecular complexity index is 812. The molecule has 2 aromatic rings. The Hall–Kier alpha value is -2.94. The summed E-state index contributed by atoms with van der Waals surface area (Å²) < 4.78 is 2.32. The molecule has 1 fully saturated rings. The summed E-state index contributed by atoms with van der Waals surface area (Å²) in [5, 5.41) is 14.8. The van der Waals surface area contributed by atoms with Crippen LogP contribution in [0.2, 0.25) is 0 Å². The summed E-state index contributed by atoms with van der Waals surface area (Å²) in [6.07, 6.45) is 2.22. The first-order valence-electron chi connectivity index (χ1n) is 8.66. The van der Waals surface area contributed by atoms with Gasteiger partial charge in [-0.05, 0) is 50.9 Å². The third-order valence-corrected chi connectivity index (χ3v) is 4.56. The van der Waals surface area contributed by atoms with Crippen LogP contribution in [-0.2, 0) is 20.9 Å². The molecule has 1 aliphatic rings. The number of aryl methyl sites for hydroxylation is 1. The van der Waals surface area contributed by atoms with Gasteiger partial charge in [0.15, 0.2) is 0 Å². The molecule has 1 saturated heterocycles. The second-order valence-corrected chi connectivity index (χ2v) is 6.55. The molecule has 1 amide bonds. The SMILES string of the molecule is Cc1nc2ccccc2n1CC1CCN(CC(N)=O)CC1.O=C(O)C(=O)O. The highest BCUT2D eigenvalue weighted by molar-refractivity contribution is 6.27. The molecular weight excluding hydrogens is 352 g/mol. The summed E-state index contributed by atoms with van der Waals surface area (Å²) in [5.74, 6) is -2.16. The number of rotatable bonds is 4. The van der Waals surface area contributed by atoms with E-state index >= 15 is 0 Å². The minimum atomic E-state index is -1.82. The lowest BCUT2D eigenvalue weighted by Crippen LogP contribution is -2.40. The van der Waals surface area contributed by atoms with Gasteiger partial charge in [-0.15, -0.1) is 0 Å². The first kappa shape index (κ1) is 20.4. The normalized spacial score (nSPS) is 15.1. The monoisotopic (exact) mass is 376 g/mol. The van der Waals surface area contributed by atoms with E-state index in [2.05, 4.69) is 39.6 Å². The highest BCUT2D eigenvalue weighted by atomic mass is 16.4. The number of carbonyl (C=O) groups excluding carboxylic acids is 1. The van der Waals surface area contributed by atoms with Crippen LogP contribution in [0.15, 0.2) is 24.3 Å². The number of primary amides is 1. The van der Waals surface area contributed by atoms with Gasteiger partial charge in [0.25, 0.3) is 0 Å². The summed E-state index contributed by atoms with van der Waals surface area (Å²) in [7, 11) is 0. The number of aliphatic carboxylic acids is 2. The van der Waals surface area contributed by atoms with Crippen molar-refractivity contribution < 1.29 is 24.6 Å². The quantitative estimate of drug-likeness (QED) is 0.667. The van der Waals surface area contributed by atoms with Crippen LogP contribution in [-0.4, -0.2) is 62.1 Å². The maximum Gasteiger partial charge on any atom is 0.414 e. The number of para-hydroxylation sites is 2. The Labute approximate surface area is 156 Å². The molecule has 0 aliphatic carbocycles. The predicted octanol–water partition coefficient (Wildman–Crippen LogP) is 0.698. The van der Waals surface area contributed by atoms with E-state index < -0.39 is 11.9 Å². The molecule has 0 unspecified atom stereocenters. The fraction of sp³-hybridized carbons (Fsp3) is 0.444. The molecule has 9 heteroatoms. The lowest BCUT2D eigenvalue weighted by molar-refractivity contribution is -0.159. The molecule has 9 nitrogen and oxygen atoms in total. The Morgan fingerprint density at radius 3 is 2.30 bits per heavy atom. The molecule has 146 valence electrons. The van der Waals surface area contributed by atoms with Gasteiger partial charge in [0.2, 0.25) is 5.91 Å². The van der Waals surface area contributed by atoms with Gasteiger partial charge in [0, 0.05) is 6.54 Å². The summed E-state index contributed by atoms with van der Waals surface area (Å²) in [5.41, 5.74) is 7.54. The Morgan fingerprint density at radius 2 is 1.74 bits per heavy atom. The first-order valence-corrected chi connectivity index (χ1v) is 8.66. The average Bonchev–Trinajstić information content (AvgIpc) is 2.92. The fourth-order valence-corrected chi connectivity index (χ4v) is 3.23. The number of nitrogens with two attached hydrogens (primary N) is 1. The second kappa shape index (κ2) is 9.13. The number of carbonyl (C=O) groups is 3. The van der Waals surface area contributed by atoms with Crippen LogP contribution in [0.25, 0.3) is 11.0 Å². The predicted molar refractivity (Wildman–Crippen MR) is 98.1 cm³/mol. The zero-order valence-electron chi connectivity index (χ0n) is 15.2. The zero-order chi connectivity index (χ0) is 20.0. The maximum atomic E-state index is 11.0. The van der Waals surface area contributed by atoms with Gasteiger partial charge in [0.1, 0.15) is 5.82 Å². The number of piperidine rings is 1. The Balaban J connectivity index is 0.000000380. The molecule has 0 spiro atoms. The maximum absolute atomic E-state index is 11.0. The standard InChI is InChI=1S/C16H22N4O.C2H2O4/c1-12-18-14-4-2-3-5-15(14)20(12)10-13-6-8-19(9-7-13)11-16(17)21;3-1(4)2(5)6/h2-5,13H,6-11H2,1H3,(H2,17,21);(H,3,4)(H,5,6). The van der Waals surface area contributed by atoms with Gasteiger partial charge >= 0.3 is 11.9 Å². The minimum Gasteiger partial charge on any atom is -0.473 e. The number of imidazole rings is 1. The average molecular weight is 376 g/mol. The number of nitrogens with zero attached hydrogens (tertiary/aromatic N) is 3. The highest BCUT2D eigenvalue weighted by Crippen LogP contribution is 2.23. The molecule has 1 aliphatic heterocycles. The molecule has 4 N–H and O–H groups in total. The van der Waals surface area contributed by atoms with Crippen molar-refractivity contribution in [3.63, 3.8) is 0 Å². The van der Waals surface area contributed by atoms with Crippen molar-refractivity contribution in [2.24, 2.45) is 11.7 Å². The van der Waals surface area contributed by atoms with E-state index in [-0.39, 0.29) is 5.91 Å². The van der Waals surface area contributed by atoms with Crippen molar-refractivity contribution in [2.45, 2.75) is 26.3 Å². The van der Waals surface area contributed by atoms with Gasteiger partial charge in [-0.3, -0.25) is 9.69 Å². The Kier molecular flexibility index (Phi) is 6.89. The molecule has 3 rings (SSSR count). The van der Waals surface area contributed by atoms with Crippen molar-refractivity contribution in [1.82, 2.24) is 14.5 Å². The van der Waals surface area contributed by atoms with Crippen LogP contribution in [0, 0.1) is 12.8 Å². The third kappa shape index (κ3) is 5.78. The van der Waals surface area contributed by atoms with Crippen molar-refractivity contribution in [3.05, 3.63) is 30.1 Å². The number of aromatic nitrogens is 2. The van der Waals surface area contributed by atoms with Gasteiger partial charge in [0.05, 0.1) is 17.6 Å². The molecule has 2 heterocycles. The number of carboxylic acid groups (broad SMARTS) is 2. The zero-order valence-corrected chi connectivity index (χ0v) is 15.2. The van der Waals surface area contributed by atoms with Crippen molar-refractivity contribution in [2.75, 3.05) is 19.6 Å².